The molecule has 1 N–H and O–H groups in total. The lowest BCUT2D eigenvalue weighted by Crippen LogP contribution is -2.07. The number of aromatic nitrogens is 3. The molecule has 0 aliphatic rings. The van der Waals surface area contributed by atoms with Crippen molar-refractivity contribution in [1.82, 2.24) is 14.9 Å². The van der Waals surface area contributed by atoms with Crippen LogP contribution < -0.4 is 14.9 Å². The number of nitrogens with zero attached hydrogens (tertiary/aromatic N) is 5. The van der Waals surface area contributed by atoms with Crippen molar-refractivity contribution in [1.29, 1.82) is 0 Å². The number of anilines is 1. The van der Waals surface area contributed by atoms with Crippen LogP contribution in [-0.2, 0) is 0 Å². The maximum Gasteiger partial charge on any atom is 0.265 e. The maximum absolute atomic E-state index is 5.82. The van der Waals surface area contributed by atoms with Crippen molar-refractivity contribution < 1.29 is 9.47 Å². The Labute approximate surface area is 176 Å². The summed E-state index contributed by atoms with van der Waals surface area (Å²) in [6.07, 6.45) is 5.01. The third-order valence-corrected chi connectivity index (χ3v) is 3.78. The molecule has 0 unspecified atom stereocenters. The Balaban J connectivity index is 1.72. The lowest BCUT2D eigenvalue weighted by Gasteiger charge is -2.11. The summed E-state index contributed by atoms with van der Waals surface area (Å²) in [5.74, 6) is 1.91. The van der Waals surface area contributed by atoms with Crippen molar-refractivity contribution in [3.63, 3.8) is 0 Å². The molecule has 0 saturated heterocycles. The average Bonchev–Trinajstić information content (AvgIpc) is 3.15. The van der Waals surface area contributed by atoms with Gasteiger partial charge in [-0.25, -0.2) is 5.43 Å². The standard InChI is InChI=1S/C22H26N6O2/c1-16(2)29-20-11-7-5-9-18(20)13-23-26-22-27-24-15-28(22)25-14-19-10-6-8-12-21(19)30-17(3)4/h5-17H,1-4H3,(H,26,27)/b23-13+,25-14+. The second-order valence-corrected chi connectivity index (χ2v) is 7.02. The largest absolute Gasteiger partial charge is 0.490 e. The highest BCUT2D eigenvalue weighted by molar-refractivity contribution is 5.84. The van der Waals surface area contributed by atoms with Crippen LogP contribution in [0.15, 0.2) is 65.1 Å². The van der Waals surface area contributed by atoms with Gasteiger partial charge < -0.3 is 9.47 Å². The fourth-order valence-corrected chi connectivity index (χ4v) is 2.57. The fraction of sp³-hybridized carbons (Fsp3) is 0.273. The predicted molar refractivity (Wildman–Crippen MR) is 119 cm³/mol. The Kier molecular flexibility index (Phi) is 7.15. The first-order valence-corrected chi connectivity index (χ1v) is 9.77. The van der Waals surface area contributed by atoms with Gasteiger partial charge in [0.2, 0.25) is 0 Å². The lowest BCUT2D eigenvalue weighted by atomic mass is 10.2. The number of nitrogens with one attached hydrogen (secondary N) is 1. The van der Waals surface area contributed by atoms with Gasteiger partial charge in [-0.3, -0.25) is 0 Å². The highest BCUT2D eigenvalue weighted by Crippen LogP contribution is 2.18. The summed E-state index contributed by atoms with van der Waals surface area (Å²) in [7, 11) is 0. The highest BCUT2D eigenvalue weighted by atomic mass is 16.5. The molecule has 8 heteroatoms. The molecule has 3 rings (SSSR count). The first-order valence-electron chi connectivity index (χ1n) is 9.77. The van der Waals surface area contributed by atoms with Crippen LogP contribution in [0.4, 0.5) is 5.95 Å². The minimum Gasteiger partial charge on any atom is -0.490 e. The number of hydrogen-bond acceptors (Lipinski definition) is 7. The van der Waals surface area contributed by atoms with Crippen molar-refractivity contribution in [2.45, 2.75) is 39.9 Å². The van der Waals surface area contributed by atoms with Gasteiger partial charge in [0.15, 0.2) is 0 Å². The zero-order valence-corrected chi connectivity index (χ0v) is 17.6. The van der Waals surface area contributed by atoms with Gasteiger partial charge in [0.05, 0.1) is 24.6 Å². The summed E-state index contributed by atoms with van der Waals surface area (Å²) in [5.41, 5.74) is 4.57. The van der Waals surface area contributed by atoms with E-state index in [1.165, 1.54) is 11.0 Å². The molecule has 0 radical (unpaired) electrons. The Morgan fingerprint density at radius 2 is 1.43 bits per heavy atom. The maximum atomic E-state index is 5.82. The molecular weight excluding hydrogens is 380 g/mol. The number of hydrogen-bond donors (Lipinski definition) is 1. The van der Waals surface area contributed by atoms with E-state index in [1.807, 2.05) is 76.2 Å². The Morgan fingerprint density at radius 1 is 0.867 bits per heavy atom. The number of benzene rings is 2. The molecule has 0 atom stereocenters. The normalized spacial score (nSPS) is 11.7. The smallest absolute Gasteiger partial charge is 0.265 e. The van der Waals surface area contributed by atoms with Crippen molar-refractivity contribution in [2.24, 2.45) is 10.2 Å². The average molecular weight is 406 g/mol. The number of ether oxygens (including phenoxy) is 2. The van der Waals surface area contributed by atoms with Crippen LogP contribution in [0.1, 0.15) is 38.8 Å². The monoisotopic (exact) mass is 406 g/mol. The van der Waals surface area contributed by atoms with Gasteiger partial charge in [0.1, 0.15) is 17.8 Å². The van der Waals surface area contributed by atoms with E-state index in [9.17, 15) is 0 Å². The minimum atomic E-state index is 0.0728. The molecule has 0 aliphatic heterocycles. The number of hydrazone groups is 1. The van der Waals surface area contributed by atoms with Gasteiger partial charge in [-0.2, -0.15) is 14.9 Å². The van der Waals surface area contributed by atoms with E-state index in [0.29, 0.717) is 5.95 Å². The zero-order chi connectivity index (χ0) is 21.3. The van der Waals surface area contributed by atoms with E-state index in [0.717, 1.165) is 22.6 Å². The van der Waals surface area contributed by atoms with Gasteiger partial charge in [-0.1, -0.05) is 24.3 Å². The summed E-state index contributed by atoms with van der Waals surface area (Å²) in [6, 6.07) is 15.4. The molecule has 0 aliphatic carbocycles. The van der Waals surface area contributed by atoms with Crippen LogP contribution in [0, 0.1) is 0 Å². The zero-order valence-electron chi connectivity index (χ0n) is 17.6. The van der Waals surface area contributed by atoms with Crippen molar-refractivity contribution in [3.05, 3.63) is 66.0 Å². The minimum absolute atomic E-state index is 0.0728. The summed E-state index contributed by atoms with van der Waals surface area (Å²) in [4.78, 5) is 0. The molecule has 30 heavy (non-hydrogen) atoms. The van der Waals surface area contributed by atoms with E-state index in [4.69, 9.17) is 9.47 Å². The van der Waals surface area contributed by atoms with Crippen LogP contribution in [0.25, 0.3) is 0 Å². The van der Waals surface area contributed by atoms with Gasteiger partial charge in [0.25, 0.3) is 5.95 Å². The Bertz CT molecular complexity index is 1010. The summed E-state index contributed by atoms with van der Waals surface area (Å²) < 4.78 is 13.1. The molecule has 1 aromatic heterocycles. The van der Waals surface area contributed by atoms with E-state index < -0.39 is 0 Å². The SMILES string of the molecule is CC(C)Oc1ccccc1/C=N/Nc1nncn1/N=C/c1ccccc1OC(C)C. The Hall–Kier alpha value is -3.68. The molecule has 1 heterocycles. The van der Waals surface area contributed by atoms with Crippen LogP contribution >= 0.6 is 0 Å². The predicted octanol–water partition coefficient (Wildman–Crippen LogP) is 4.18. The molecule has 156 valence electrons. The van der Waals surface area contributed by atoms with Gasteiger partial charge in [0, 0.05) is 11.1 Å². The number of para-hydroxylation sites is 2. The van der Waals surface area contributed by atoms with E-state index in [2.05, 4.69) is 25.8 Å². The first kappa shape index (κ1) is 21.0. The molecule has 2 aromatic carbocycles. The molecule has 0 bridgehead atoms. The lowest BCUT2D eigenvalue weighted by molar-refractivity contribution is 0.242. The van der Waals surface area contributed by atoms with Gasteiger partial charge >= 0.3 is 0 Å². The molecule has 0 fully saturated rings. The summed E-state index contributed by atoms with van der Waals surface area (Å²) in [5, 5.41) is 16.6. The first-order chi connectivity index (χ1) is 14.5. The van der Waals surface area contributed by atoms with E-state index >= 15 is 0 Å². The summed E-state index contributed by atoms with van der Waals surface area (Å²) >= 11 is 0. The Morgan fingerprint density at radius 3 is 2.03 bits per heavy atom. The topological polar surface area (TPSA) is 85.9 Å². The molecular formula is C22H26N6O2. The van der Waals surface area contributed by atoms with Crippen molar-refractivity contribution >= 4 is 18.4 Å². The second kappa shape index (κ2) is 10.2. The molecule has 8 nitrogen and oxygen atoms in total. The quantitative estimate of drug-likeness (QED) is 0.426. The van der Waals surface area contributed by atoms with Crippen molar-refractivity contribution in [2.75, 3.05) is 5.43 Å². The number of rotatable bonds is 9. The molecule has 0 amide bonds. The third kappa shape index (κ3) is 5.91. The van der Waals surface area contributed by atoms with Gasteiger partial charge in [-0.05, 0) is 52.0 Å². The van der Waals surface area contributed by atoms with Crippen LogP contribution in [0.2, 0.25) is 0 Å². The van der Waals surface area contributed by atoms with E-state index in [-0.39, 0.29) is 12.2 Å². The van der Waals surface area contributed by atoms with Crippen LogP contribution in [0.5, 0.6) is 11.5 Å². The van der Waals surface area contributed by atoms with Crippen molar-refractivity contribution in [3.8, 4) is 11.5 Å². The van der Waals surface area contributed by atoms with Crippen LogP contribution in [0.3, 0.4) is 0 Å². The molecule has 0 spiro atoms. The van der Waals surface area contributed by atoms with E-state index in [1.54, 1.807) is 12.4 Å². The second-order valence-electron chi connectivity index (χ2n) is 7.02. The highest BCUT2D eigenvalue weighted by Gasteiger charge is 2.06. The summed E-state index contributed by atoms with van der Waals surface area (Å²) in [6.45, 7) is 7.93. The fourth-order valence-electron chi connectivity index (χ4n) is 2.57. The molecule has 0 saturated carbocycles. The molecule has 3 aromatic rings. The van der Waals surface area contributed by atoms with Crippen LogP contribution in [-0.4, -0.2) is 39.5 Å². The third-order valence-electron chi connectivity index (χ3n) is 3.78. The van der Waals surface area contributed by atoms with Gasteiger partial charge in [-0.15, -0.1) is 10.2 Å².